The summed E-state index contributed by atoms with van der Waals surface area (Å²) < 4.78 is 0. The van der Waals surface area contributed by atoms with E-state index in [1.165, 1.54) is 5.69 Å². The lowest BCUT2D eigenvalue weighted by atomic mass is 10.2. The van der Waals surface area contributed by atoms with Crippen LogP contribution in [0.3, 0.4) is 0 Å². The molecular weight excluding hydrogens is 378 g/mol. The van der Waals surface area contributed by atoms with Crippen LogP contribution in [0.15, 0.2) is 54.7 Å². The smallest absolute Gasteiger partial charge is 0.223 e. The molecule has 0 atom stereocenters. The highest BCUT2D eigenvalue weighted by Gasteiger charge is 2.25. The molecule has 2 aromatic rings. The number of benzene rings is 1. The maximum Gasteiger partial charge on any atom is 0.223 e. The number of hydrogen-bond donors (Lipinski definition) is 0. The Balaban J connectivity index is 1.18. The second-order valence-corrected chi connectivity index (χ2v) is 7.76. The predicted octanol–water partition coefficient (Wildman–Crippen LogP) is 1.86. The zero-order chi connectivity index (χ0) is 20.8. The summed E-state index contributed by atoms with van der Waals surface area (Å²) in [6.07, 6.45) is 2.38. The fraction of sp³-hybridized carbons (Fsp3) is 0.435. The van der Waals surface area contributed by atoms with Gasteiger partial charge in [-0.15, -0.1) is 0 Å². The highest BCUT2D eigenvalue weighted by Crippen LogP contribution is 2.17. The molecule has 2 aliphatic heterocycles. The molecule has 2 amide bonds. The van der Waals surface area contributed by atoms with Crippen LogP contribution >= 0.6 is 0 Å². The lowest BCUT2D eigenvalue weighted by molar-refractivity contribution is -0.137. The van der Waals surface area contributed by atoms with Crippen molar-refractivity contribution < 1.29 is 9.59 Å². The molecule has 0 aliphatic carbocycles. The summed E-state index contributed by atoms with van der Waals surface area (Å²) in [6.45, 7) is 6.00. The Bertz CT molecular complexity index is 758. The second kappa shape index (κ2) is 9.61. The fourth-order valence-electron chi connectivity index (χ4n) is 4.11. The van der Waals surface area contributed by atoms with Crippen LogP contribution in [0, 0.1) is 0 Å². The molecule has 0 N–H and O–H groups in total. The average molecular weight is 408 g/mol. The van der Waals surface area contributed by atoms with Gasteiger partial charge in [-0.05, 0) is 24.3 Å². The van der Waals surface area contributed by atoms with Gasteiger partial charge in [0, 0.05) is 77.1 Å². The van der Waals surface area contributed by atoms with E-state index in [0.29, 0.717) is 39.0 Å². The van der Waals surface area contributed by atoms with Gasteiger partial charge in [0.15, 0.2) is 0 Å². The highest BCUT2D eigenvalue weighted by molar-refractivity contribution is 5.84. The highest BCUT2D eigenvalue weighted by atomic mass is 16.2. The van der Waals surface area contributed by atoms with Crippen molar-refractivity contribution in [3.8, 4) is 0 Å². The third-order valence-electron chi connectivity index (χ3n) is 5.91. The van der Waals surface area contributed by atoms with Crippen LogP contribution in [-0.2, 0) is 9.59 Å². The van der Waals surface area contributed by atoms with Crippen molar-refractivity contribution in [1.82, 2.24) is 14.8 Å². The molecule has 0 unspecified atom stereocenters. The summed E-state index contributed by atoms with van der Waals surface area (Å²) in [5.41, 5.74) is 1.20. The number of hydrogen-bond acceptors (Lipinski definition) is 5. The zero-order valence-electron chi connectivity index (χ0n) is 17.3. The van der Waals surface area contributed by atoms with Crippen LogP contribution in [0.4, 0.5) is 11.5 Å². The van der Waals surface area contributed by atoms with E-state index < -0.39 is 0 Å². The third kappa shape index (κ3) is 4.90. The minimum absolute atomic E-state index is 0.0759. The van der Waals surface area contributed by atoms with Crippen LogP contribution in [0.5, 0.6) is 0 Å². The number of rotatable bonds is 5. The second-order valence-electron chi connectivity index (χ2n) is 7.76. The molecule has 158 valence electrons. The van der Waals surface area contributed by atoms with Crippen molar-refractivity contribution in [2.24, 2.45) is 0 Å². The predicted molar refractivity (Wildman–Crippen MR) is 117 cm³/mol. The molecular formula is C23H29N5O2. The van der Waals surface area contributed by atoms with Gasteiger partial charge in [0.1, 0.15) is 5.82 Å². The molecule has 3 heterocycles. The van der Waals surface area contributed by atoms with Gasteiger partial charge in [0.05, 0.1) is 0 Å². The molecule has 7 heteroatoms. The molecule has 4 rings (SSSR count). The molecule has 0 spiro atoms. The van der Waals surface area contributed by atoms with Gasteiger partial charge in [0.2, 0.25) is 11.8 Å². The summed E-state index contributed by atoms with van der Waals surface area (Å²) in [5.74, 6) is 1.12. The molecule has 1 aromatic carbocycles. The Morgan fingerprint density at radius 1 is 0.667 bits per heavy atom. The minimum atomic E-state index is 0.0759. The van der Waals surface area contributed by atoms with Gasteiger partial charge in [-0.3, -0.25) is 9.59 Å². The largest absolute Gasteiger partial charge is 0.368 e. The topological polar surface area (TPSA) is 60.0 Å². The summed E-state index contributed by atoms with van der Waals surface area (Å²) in [6, 6.07) is 16.2. The number of nitrogens with zero attached hydrogens (tertiary/aromatic N) is 5. The van der Waals surface area contributed by atoms with E-state index in [1.807, 2.05) is 46.2 Å². The third-order valence-corrected chi connectivity index (χ3v) is 5.91. The Hall–Kier alpha value is -3.09. The van der Waals surface area contributed by atoms with Gasteiger partial charge >= 0.3 is 0 Å². The Labute approximate surface area is 177 Å². The standard InChI is InChI=1S/C23H29N5O2/c29-22(27-16-12-25(13-17-27)20-6-2-1-3-7-20)9-10-23(30)28-18-14-26(15-19-28)21-8-4-5-11-24-21/h1-8,11H,9-10,12-19H2. The molecule has 0 bridgehead atoms. The van der Waals surface area contributed by atoms with Gasteiger partial charge in [-0.2, -0.15) is 0 Å². The van der Waals surface area contributed by atoms with Crippen LogP contribution in [0.25, 0.3) is 0 Å². The van der Waals surface area contributed by atoms with Gasteiger partial charge in [-0.25, -0.2) is 4.98 Å². The summed E-state index contributed by atoms with van der Waals surface area (Å²) in [5, 5.41) is 0. The fourth-order valence-corrected chi connectivity index (χ4v) is 4.11. The first-order chi connectivity index (χ1) is 14.7. The Morgan fingerprint density at radius 3 is 1.73 bits per heavy atom. The summed E-state index contributed by atoms with van der Waals surface area (Å²) in [4.78, 5) is 37.8. The number of pyridine rings is 1. The van der Waals surface area contributed by atoms with E-state index in [0.717, 1.165) is 32.0 Å². The first-order valence-corrected chi connectivity index (χ1v) is 10.7. The number of carbonyl (C=O) groups is 2. The average Bonchev–Trinajstić information content (AvgIpc) is 2.83. The molecule has 30 heavy (non-hydrogen) atoms. The van der Waals surface area contributed by atoms with Crippen LogP contribution in [0.2, 0.25) is 0 Å². The Kier molecular flexibility index (Phi) is 6.47. The maximum atomic E-state index is 12.6. The number of anilines is 2. The van der Waals surface area contributed by atoms with Gasteiger partial charge in [-0.1, -0.05) is 24.3 Å². The first kappa shape index (κ1) is 20.2. The van der Waals surface area contributed by atoms with Crippen molar-refractivity contribution in [3.05, 3.63) is 54.7 Å². The zero-order valence-corrected chi connectivity index (χ0v) is 17.3. The molecule has 0 saturated carbocycles. The van der Waals surface area contributed by atoms with Crippen LogP contribution in [0.1, 0.15) is 12.8 Å². The maximum absolute atomic E-state index is 12.6. The van der Waals surface area contributed by atoms with E-state index in [4.69, 9.17) is 0 Å². The van der Waals surface area contributed by atoms with Gasteiger partial charge in [0.25, 0.3) is 0 Å². The molecule has 2 aliphatic rings. The number of carbonyl (C=O) groups excluding carboxylic acids is 2. The van der Waals surface area contributed by atoms with E-state index in [2.05, 4.69) is 26.9 Å². The van der Waals surface area contributed by atoms with Crippen molar-refractivity contribution in [3.63, 3.8) is 0 Å². The quantitative estimate of drug-likeness (QED) is 0.757. The summed E-state index contributed by atoms with van der Waals surface area (Å²) in [7, 11) is 0. The minimum Gasteiger partial charge on any atom is -0.368 e. The Morgan fingerprint density at radius 2 is 1.20 bits per heavy atom. The van der Waals surface area contributed by atoms with E-state index in [1.54, 1.807) is 6.20 Å². The lowest BCUT2D eigenvalue weighted by Crippen LogP contribution is -2.50. The lowest BCUT2D eigenvalue weighted by Gasteiger charge is -2.37. The molecule has 0 radical (unpaired) electrons. The molecule has 1 aromatic heterocycles. The molecule has 2 saturated heterocycles. The summed E-state index contributed by atoms with van der Waals surface area (Å²) >= 11 is 0. The van der Waals surface area contributed by atoms with Crippen LogP contribution in [-0.4, -0.2) is 79.0 Å². The van der Waals surface area contributed by atoms with Crippen molar-refractivity contribution >= 4 is 23.3 Å². The number of piperazine rings is 2. The van der Waals surface area contributed by atoms with E-state index in [9.17, 15) is 9.59 Å². The van der Waals surface area contributed by atoms with Crippen molar-refractivity contribution in [2.45, 2.75) is 12.8 Å². The number of amides is 2. The van der Waals surface area contributed by atoms with E-state index >= 15 is 0 Å². The van der Waals surface area contributed by atoms with Crippen molar-refractivity contribution in [1.29, 1.82) is 0 Å². The normalized spacial score (nSPS) is 17.2. The van der Waals surface area contributed by atoms with Crippen LogP contribution < -0.4 is 9.80 Å². The number of aromatic nitrogens is 1. The number of para-hydroxylation sites is 1. The first-order valence-electron chi connectivity index (χ1n) is 10.7. The SMILES string of the molecule is O=C(CCC(=O)N1CCN(c2ccccn2)CC1)N1CCN(c2ccccc2)CC1. The monoisotopic (exact) mass is 407 g/mol. The molecule has 2 fully saturated rings. The van der Waals surface area contributed by atoms with Gasteiger partial charge < -0.3 is 19.6 Å². The molecule has 7 nitrogen and oxygen atoms in total. The van der Waals surface area contributed by atoms with E-state index in [-0.39, 0.29) is 11.8 Å². The van der Waals surface area contributed by atoms with Crippen molar-refractivity contribution in [2.75, 3.05) is 62.2 Å².